The van der Waals surface area contributed by atoms with Gasteiger partial charge in [0.25, 0.3) is 11.8 Å². The van der Waals surface area contributed by atoms with Crippen LogP contribution in [-0.2, 0) is 16.1 Å². The van der Waals surface area contributed by atoms with Gasteiger partial charge in [-0.2, -0.15) is 5.26 Å². The Labute approximate surface area is 199 Å². The monoisotopic (exact) mass is 456 g/mol. The lowest BCUT2D eigenvalue weighted by Gasteiger charge is -2.12. The van der Waals surface area contributed by atoms with Crippen molar-refractivity contribution < 1.29 is 14.3 Å². The number of hydrogen-bond acceptors (Lipinski definition) is 4. The van der Waals surface area contributed by atoms with E-state index in [1.54, 1.807) is 6.07 Å². The molecule has 0 spiro atoms. The van der Waals surface area contributed by atoms with Crippen LogP contribution in [0.4, 0.5) is 0 Å². The van der Waals surface area contributed by atoms with Gasteiger partial charge < -0.3 is 9.30 Å². The van der Waals surface area contributed by atoms with E-state index in [9.17, 15) is 14.9 Å². The van der Waals surface area contributed by atoms with Crippen molar-refractivity contribution in [1.82, 2.24) is 15.4 Å². The first-order chi connectivity index (χ1) is 16.4. The number of rotatable bonds is 8. The average molecular weight is 457 g/mol. The number of carbonyl (C=O) groups excluding carboxylic acids is 2. The lowest BCUT2D eigenvalue weighted by molar-refractivity contribution is -0.128. The van der Waals surface area contributed by atoms with E-state index in [1.165, 1.54) is 6.08 Å². The van der Waals surface area contributed by atoms with Gasteiger partial charge in [-0.3, -0.25) is 20.4 Å². The number of benzene rings is 2. The van der Waals surface area contributed by atoms with E-state index in [1.807, 2.05) is 74.5 Å². The Morgan fingerprint density at radius 1 is 1.06 bits per heavy atom. The Bertz CT molecular complexity index is 1240. The highest BCUT2D eigenvalue weighted by Gasteiger charge is 2.14. The molecule has 0 bridgehead atoms. The molecule has 7 nitrogen and oxygen atoms in total. The molecular formula is C27H28N4O3. The minimum atomic E-state index is -0.694. The number of nitrogens with zero attached hydrogens (tertiary/aromatic N) is 2. The summed E-state index contributed by atoms with van der Waals surface area (Å²) in [6, 6.07) is 20.9. The Balaban J connectivity index is 1.60. The van der Waals surface area contributed by atoms with Crippen molar-refractivity contribution in [2.24, 2.45) is 0 Å². The van der Waals surface area contributed by atoms with Gasteiger partial charge in [0.1, 0.15) is 17.4 Å². The summed E-state index contributed by atoms with van der Waals surface area (Å²) in [5.74, 6) is -0.689. The maximum Gasteiger partial charge on any atom is 0.280 e. The smallest absolute Gasteiger partial charge is 0.280 e. The van der Waals surface area contributed by atoms with Gasteiger partial charge in [0.05, 0.1) is 0 Å². The Hall–Kier alpha value is -4.31. The predicted molar refractivity (Wildman–Crippen MR) is 131 cm³/mol. The minimum Gasteiger partial charge on any atom is -0.483 e. The molecule has 0 saturated carbocycles. The van der Waals surface area contributed by atoms with Crippen molar-refractivity contribution in [2.45, 2.75) is 33.7 Å². The second kappa shape index (κ2) is 11.5. The van der Waals surface area contributed by atoms with Crippen LogP contribution in [0, 0.1) is 25.2 Å². The number of ether oxygens (including phenoxy) is 1. The molecule has 0 aliphatic heterocycles. The van der Waals surface area contributed by atoms with Crippen molar-refractivity contribution >= 4 is 17.9 Å². The summed E-state index contributed by atoms with van der Waals surface area (Å²) in [4.78, 5) is 24.7. The molecule has 0 saturated heterocycles. The molecule has 0 unspecified atom stereocenters. The lowest BCUT2D eigenvalue weighted by atomic mass is 10.1. The quantitative estimate of drug-likeness (QED) is 0.300. The third kappa shape index (κ3) is 5.93. The molecule has 3 rings (SSSR count). The molecule has 34 heavy (non-hydrogen) atoms. The number of nitriles is 1. The number of aryl methyl sites for hydroxylation is 1. The van der Waals surface area contributed by atoms with E-state index in [2.05, 4.69) is 22.3 Å². The molecule has 0 atom stereocenters. The number of para-hydroxylation sites is 1. The highest BCUT2D eigenvalue weighted by molar-refractivity contribution is 6.02. The Morgan fingerprint density at radius 3 is 2.47 bits per heavy atom. The standard InChI is InChI=1S/C27H28N4O3/c1-4-14-31-19(2)15-22(20(31)3)16-23(17-28)27(33)30-29-26(32)18-34-25-13-9-8-12-24(25)21-10-6-5-7-11-21/h5-13,15-16H,4,14,18H2,1-3H3,(H,29,32)(H,30,33)/b23-16+. The maximum atomic E-state index is 12.5. The average Bonchev–Trinajstić information content (AvgIpc) is 3.12. The molecule has 2 aromatic carbocycles. The van der Waals surface area contributed by atoms with E-state index in [0.29, 0.717) is 5.75 Å². The van der Waals surface area contributed by atoms with Crippen LogP contribution >= 0.6 is 0 Å². The van der Waals surface area contributed by atoms with Crippen LogP contribution in [0.25, 0.3) is 17.2 Å². The van der Waals surface area contributed by atoms with Gasteiger partial charge in [-0.1, -0.05) is 55.5 Å². The van der Waals surface area contributed by atoms with Crippen molar-refractivity contribution in [3.05, 3.63) is 83.2 Å². The fraction of sp³-hybridized carbons (Fsp3) is 0.222. The molecule has 3 aromatic rings. The molecule has 1 aromatic heterocycles. The SMILES string of the molecule is CCCn1c(C)cc(/C=C(\C#N)C(=O)NNC(=O)COc2ccccc2-c2ccccc2)c1C. The summed E-state index contributed by atoms with van der Waals surface area (Å²) < 4.78 is 7.82. The van der Waals surface area contributed by atoms with Gasteiger partial charge in [-0.15, -0.1) is 0 Å². The summed E-state index contributed by atoms with van der Waals surface area (Å²) >= 11 is 0. The highest BCUT2D eigenvalue weighted by Crippen LogP contribution is 2.29. The van der Waals surface area contributed by atoms with Crippen LogP contribution < -0.4 is 15.6 Å². The maximum absolute atomic E-state index is 12.5. The first-order valence-electron chi connectivity index (χ1n) is 11.1. The summed E-state index contributed by atoms with van der Waals surface area (Å²) in [5.41, 5.74) is 9.15. The molecule has 0 fully saturated rings. The van der Waals surface area contributed by atoms with Crippen LogP contribution in [0.15, 0.2) is 66.2 Å². The number of hydrogen-bond donors (Lipinski definition) is 2. The summed E-state index contributed by atoms with van der Waals surface area (Å²) in [6.45, 7) is 6.60. The number of carbonyl (C=O) groups is 2. The van der Waals surface area contributed by atoms with Gasteiger partial charge in [-0.25, -0.2) is 0 Å². The van der Waals surface area contributed by atoms with Crippen molar-refractivity contribution in [3.8, 4) is 22.9 Å². The summed E-state index contributed by atoms with van der Waals surface area (Å²) in [7, 11) is 0. The number of aromatic nitrogens is 1. The predicted octanol–water partition coefficient (Wildman–Crippen LogP) is 4.32. The molecule has 0 radical (unpaired) electrons. The molecule has 0 aliphatic rings. The van der Waals surface area contributed by atoms with Crippen molar-refractivity contribution in [2.75, 3.05) is 6.61 Å². The zero-order valence-corrected chi connectivity index (χ0v) is 19.6. The van der Waals surface area contributed by atoms with E-state index < -0.39 is 11.8 Å². The van der Waals surface area contributed by atoms with Crippen LogP contribution in [-0.4, -0.2) is 23.0 Å². The largest absolute Gasteiger partial charge is 0.483 e. The van der Waals surface area contributed by atoms with Crippen molar-refractivity contribution in [3.63, 3.8) is 0 Å². The normalized spacial score (nSPS) is 10.9. The molecule has 0 aliphatic carbocycles. The molecular weight excluding hydrogens is 428 g/mol. The van der Waals surface area contributed by atoms with Gasteiger partial charge in [-0.05, 0) is 49.6 Å². The Morgan fingerprint density at radius 2 is 1.76 bits per heavy atom. The minimum absolute atomic E-state index is 0.104. The third-order valence-electron chi connectivity index (χ3n) is 5.37. The zero-order valence-electron chi connectivity index (χ0n) is 19.6. The van der Waals surface area contributed by atoms with Crippen LogP contribution in [0.3, 0.4) is 0 Å². The first kappa shape index (κ1) is 24.3. The fourth-order valence-corrected chi connectivity index (χ4v) is 3.67. The van der Waals surface area contributed by atoms with Crippen LogP contribution in [0.1, 0.15) is 30.3 Å². The van der Waals surface area contributed by atoms with Crippen molar-refractivity contribution in [1.29, 1.82) is 5.26 Å². The molecule has 7 heteroatoms. The van der Waals surface area contributed by atoms with Crippen LogP contribution in [0.5, 0.6) is 5.75 Å². The second-order valence-electron chi connectivity index (χ2n) is 7.80. The van der Waals surface area contributed by atoms with Gasteiger partial charge in [0.2, 0.25) is 0 Å². The van der Waals surface area contributed by atoms with E-state index in [-0.39, 0.29) is 12.2 Å². The molecule has 2 amide bonds. The first-order valence-corrected chi connectivity index (χ1v) is 11.1. The van der Waals surface area contributed by atoms with E-state index >= 15 is 0 Å². The lowest BCUT2D eigenvalue weighted by Crippen LogP contribution is -2.44. The Kier molecular flexibility index (Phi) is 8.25. The number of hydrazine groups is 1. The topological polar surface area (TPSA) is 96.1 Å². The summed E-state index contributed by atoms with van der Waals surface area (Å²) in [6.07, 6.45) is 2.51. The van der Waals surface area contributed by atoms with Gasteiger partial charge >= 0.3 is 0 Å². The highest BCUT2D eigenvalue weighted by atomic mass is 16.5. The van der Waals surface area contributed by atoms with Gasteiger partial charge in [0, 0.05) is 23.5 Å². The number of nitrogens with one attached hydrogen (secondary N) is 2. The zero-order chi connectivity index (χ0) is 24.5. The fourth-order valence-electron chi connectivity index (χ4n) is 3.67. The van der Waals surface area contributed by atoms with Gasteiger partial charge in [0.15, 0.2) is 6.61 Å². The molecule has 174 valence electrons. The molecule has 1 heterocycles. The van der Waals surface area contributed by atoms with E-state index in [4.69, 9.17) is 4.74 Å². The molecule has 2 N–H and O–H groups in total. The third-order valence-corrected chi connectivity index (χ3v) is 5.37. The second-order valence-corrected chi connectivity index (χ2v) is 7.80. The summed E-state index contributed by atoms with van der Waals surface area (Å²) in [5, 5.41) is 9.46. The van der Waals surface area contributed by atoms with Crippen LogP contribution in [0.2, 0.25) is 0 Å². The number of amides is 2. The van der Waals surface area contributed by atoms with E-state index in [0.717, 1.165) is 41.0 Å².